The van der Waals surface area contributed by atoms with Gasteiger partial charge in [-0.05, 0) is 31.7 Å². The second-order valence-corrected chi connectivity index (χ2v) is 13.8. The van der Waals surface area contributed by atoms with Crippen molar-refractivity contribution in [1.29, 1.82) is 0 Å². The van der Waals surface area contributed by atoms with Crippen molar-refractivity contribution in [2.75, 3.05) is 59.2 Å². The summed E-state index contributed by atoms with van der Waals surface area (Å²) in [7, 11) is 0. The van der Waals surface area contributed by atoms with E-state index in [4.69, 9.17) is 9.47 Å². The van der Waals surface area contributed by atoms with Crippen LogP contribution in [-0.4, -0.2) is 112 Å². The molecule has 0 radical (unpaired) electrons. The molecule has 2 bridgehead atoms. The van der Waals surface area contributed by atoms with Crippen molar-refractivity contribution in [2.45, 2.75) is 47.8 Å². The molecule has 2 amide bonds. The molecule has 0 saturated carbocycles. The van der Waals surface area contributed by atoms with Gasteiger partial charge in [0, 0.05) is 37.5 Å². The molecule has 9 nitrogen and oxygen atoms in total. The molecule has 10 heteroatoms. The maximum absolute atomic E-state index is 14.8. The van der Waals surface area contributed by atoms with E-state index in [1.165, 1.54) is 0 Å². The first-order valence-corrected chi connectivity index (χ1v) is 15.8. The first-order chi connectivity index (χ1) is 20.3. The third-order valence-electron chi connectivity index (χ3n) is 9.41. The number of hydrogen-bond acceptors (Lipinski definition) is 8. The van der Waals surface area contributed by atoms with Gasteiger partial charge in [-0.15, -0.1) is 24.9 Å². The number of ether oxygens (including phenoxy) is 2. The van der Waals surface area contributed by atoms with E-state index in [1.807, 2.05) is 37.3 Å². The molecule has 42 heavy (non-hydrogen) atoms. The van der Waals surface area contributed by atoms with Gasteiger partial charge in [-0.3, -0.25) is 19.3 Å². The zero-order valence-electron chi connectivity index (χ0n) is 24.5. The molecule has 4 aliphatic heterocycles. The van der Waals surface area contributed by atoms with Crippen LogP contribution in [0.15, 0.2) is 55.6 Å². The van der Waals surface area contributed by atoms with Gasteiger partial charge in [0.25, 0.3) is 0 Å². The Bertz CT molecular complexity index is 1180. The summed E-state index contributed by atoms with van der Waals surface area (Å²) in [4.78, 5) is 48.6. The molecule has 5 rings (SSSR count). The van der Waals surface area contributed by atoms with Crippen molar-refractivity contribution in [1.82, 2.24) is 14.7 Å². The highest BCUT2D eigenvalue weighted by atomic mass is 32.2. The maximum atomic E-state index is 14.8. The minimum absolute atomic E-state index is 0.161. The molecule has 1 spiro atoms. The molecular weight excluding hydrogens is 554 g/mol. The number of esters is 1. The summed E-state index contributed by atoms with van der Waals surface area (Å²) in [6.45, 7) is 14.0. The minimum atomic E-state index is -0.838. The average molecular weight is 598 g/mol. The molecule has 1 N–H and O–H groups in total. The van der Waals surface area contributed by atoms with Crippen molar-refractivity contribution in [3.8, 4) is 0 Å². The van der Waals surface area contributed by atoms with Gasteiger partial charge in [-0.25, -0.2) is 0 Å². The third-order valence-corrected chi connectivity index (χ3v) is 11.4. The first kappa shape index (κ1) is 30.8. The quantitative estimate of drug-likeness (QED) is 0.211. The number of thioether (sulfide) groups is 1. The Labute approximate surface area is 252 Å². The summed E-state index contributed by atoms with van der Waals surface area (Å²) in [6.07, 6.45) is 5.27. The SMILES string of the molecule is C=CCCOC(=O)[C@H]1[C@H]2C(=O)N([C@H](CO)c3ccccc3)C(C(=O)N(CC=C)CCN3CCOCC3)C23CC[C@]1(C)S3. The van der Waals surface area contributed by atoms with E-state index in [0.717, 1.165) is 18.7 Å². The van der Waals surface area contributed by atoms with E-state index >= 15 is 0 Å². The summed E-state index contributed by atoms with van der Waals surface area (Å²) in [5.41, 5.74) is 0.752. The summed E-state index contributed by atoms with van der Waals surface area (Å²) >= 11 is 1.61. The van der Waals surface area contributed by atoms with Crippen LogP contribution in [0.1, 0.15) is 37.8 Å². The Hall–Kier alpha value is -2.66. The Balaban J connectivity index is 1.53. The molecule has 0 aliphatic carbocycles. The Kier molecular flexibility index (Phi) is 9.47. The number of morpholine rings is 1. The number of hydrogen-bond donors (Lipinski definition) is 1. The molecule has 4 fully saturated rings. The van der Waals surface area contributed by atoms with Crippen LogP contribution in [0.3, 0.4) is 0 Å². The zero-order chi connectivity index (χ0) is 29.9. The van der Waals surface area contributed by atoms with E-state index in [1.54, 1.807) is 33.7 Å². The number of aliphatic hydroxyl groups excluding tert-OH is 1. The van der Waals surface area contributed by atoms with E-state index in [9.17, 15) is 19.5 Å². The van der Waals surface area contributed by atoms with Crippen molar-refractivity contribution < 1.29 is 29.0 Å². The normalized spacial score (nSPS) is 31.0. The number of amides is 2. The lowest BCUT2D eigenvalue weighted by atomic mass is 9.66. The molecule has 6 atom stereocenters. The summed E-state index contributed by atoms with van der Waals surface area (Å²) in [6, 6.07) is 7.79. The second kappa shape index (κ2) is 12.9. The fourth-order valence-electron chi connectivity index (χ4n) is 7.41. The number of carbonyl (C=O) groups excluding carboxylic acids is 3. The number of likely N-dealkylation sites (tertiary alicyclic amines) is 1. The standard InChI is InChI=1S/C32H43N3O6S/c1-4-6-19-41-30(39)26-25-28(37)35(24(22-36)23-10-8-7-9-11-23)27(32(25)13-12-31(26,3)42-32)29(38)34(14-5-2)16-15-33-17-20-40-21-18-33/h4-5,7-11,24-27,36H,1-2,6,12-22H2,3H3/t24-,25+,26-,27?,31+,32?/m1/s1. The molecule has 1 aromatic rings. The van der Waals surface area contributed by atoms with Crippen LogP contribution in [0.5, 0.6) is 0 Å². The molecule has 0 aromatic heterocycles. The summed E-state index contributed by atoms with van der Waals surface area (Å²) < 4.78 is 9.83. The monoisotopic (exact) mass is 597 g/mol. The van der Waals surface area contributed by atoms with Crippen LogP contribution in [-0.2, 0) is 23.9 Å². The topological polar surface area (TPSA) is 99.6 Å². The predicted molar refractivity (Wildman–Crippen MR) is 162 cm³/mol. The third kappa shape index (κ3) is 5.42. The van der Waals surface area contributed by atoms with Crippen LogP contribution in [0.25, 0.3) is 0 Å². The van der Waals surface area contributed by atoms with Crippen molar-refractivity contribution in [3.05, 3.63) is 61.2 Å². The number of nitrogens with zero attached hydrogens (tertiary/aromatic N) is 3. The number of aliphatic hydroxyl groups is 1. The lowest BCUT2D eigenvalue weighted by molar-refractivity contribution is -0.156. The highest BCUT2D eigenvalue weighted by Crippen LogP contribution is 2.72. The predicted octanol–water partition coefficient (Wildman–Crippen LogP) is 2.67. The lowest BCUT2D eigenvalue weighted by Gasteiger charge is -2.40. The van der Waals surface area contributed by atoms with Gasteiger partial charge in [0.2, 0.25) is 11.8 Å². The first-order valence-electron chi connectivity index (χ1n) is 15.0. The van der Waals surface area contributed by atoms with E-state index in [0.29, 0.717) is 52.1 Å². The number of rotatable bonds is 13. The smallest absolute Gasteiger partial charge is 0.311 e. The Morgan fingerprint density at radius 1 is 1.21 bits per heavy atom. The van der Waals surface area contributed by atoms with Gasteiger partial charge < -0.3 is 24.4 Å². The van der Waals surface area contributed by atoms with Gasteiger partial charge >= 0.3 is 5.97 Å². The van der Waals surface area contributed by atoms with E-state index < -0.39 is 39.4 Å². The van der Waals surface area contributed by atoms with Crippen LogP contribution in [0.2, 0.25) is 0 Å². The Morgan fingerprint density at radius 3 is 2.62 bits per heavy atom. The van der Waals surface area contributed by atoms with Gasteiger partial charge in [-0.2, -0.15) is 0 Å². The molecule has 1 aromatic carbocycles. The summed E-state index contributed by atoms with van der Waals surface area (Å²) in [5.74, 6) is -2.20. The average Bonchev–Trinajstić information content (AvgIpc) is 3.57. The largest absolute Gasteiger partial charge is 0.465 e. The van der Waals surface area contributed by atoms with Crippen molar-refractivity contribution in [3.63, 3.8) is 0 Å². The second-order valence-electron chi connectivity index (χ2n) is 11.9. The molecule has 4 saturated heterocycles. The maximum Gasteiger partial charge on any atom is 0.311 e. The van der Waals surface area contributed by atoms with E-state index in [-0.39, 0.29) is 25.0 Å². The van der Waals surface area contributed by atoms with Crippen LogP contribution in [0, 0.1) is 11.8 Å². The van der Waals surface area contributed by atoms with Gasteiger partial charge in [0.05, 0.1) is 49.1 Å². The molecule has 4 aliphatic rings. The molecule has 2 unspecified atom stereocenters. The van der Waals surface area contributed by atoms with Gasteiger partial charge in [0.15, 0.2) is 0 Å². The minimum Gasteiger partial charge on any atom is -0.465 e. The summed E-state index contributed by atoms with van der Waals surface area (Å²) in [5, 5.41) is 10.7. The van der Waals surface area contributed by atoms with Gasteiger partial charge in [0.1, 0.15) is 6.04 Å². The number of fused-ring (bicyclic) bond motifs is 1. The van der Waals surface area contributed by atoms with Gasteiger partial charge in [-0.1, -0.05) is 42.5 Å². The van der Waals surface area contributed by atoms with Crippen LogP contribution < -0.4 is 0 Å². The molecular formula is C32H43N3O6S. The van der Waals surface area contributed by atoms with Crippen molar-refractivity contribution in [2.24, 2.45) is 11.8 Å². The van der Waals surface area contributed by atoms with Crippen LogP contribution in [0.4, 0.5) is 0 Å². The number of benzene rings is 1. The van der Waals surface area contributed by atoms with Crippen molar-refractivity contribution >= 4 is 29.5 Å². The zero-order valence-corrected chi connectivity index (χ0v) is 25.3. The fourth-order valence-corrected chi connectivity index (χ4v) is 9.73. The highest BCUT2D eigenvalue weighted by Gasteiger charge is 2.78. The molecule has 4 heterocycles. The fraction of sp³-hybridized carbons (Fsp3) is 0.594. The number of carbonyl (C=O) groups is 3. The van der Waals surface area contributed by atoms with E-state index in [2.05, 4.69) is 18.1 Å². The Morgan fingerprint density at radius 2 is 1.95 bits per heavy atom. The van der Waals surface area contributed by atoms with Crippen LogP contribution >= 0.6 is 11.8 Å². The molecule has 228 valence electrons. The lowest BCUT2D eigenvalue weighted by Crippen LogP contribution is -2.56. The highest BCUT2D eigenvalue weighted by molar-refractivity contribution is 8.02.